The molecule has 2 aliphatic heterocycles. The maximum absolute atomic E-state index is 13.0. The Morgan fingerprint density at radius 1 is 1.07 bits per heavy atom. The summed E-state index contributed by atoms with van der Waals surface area (Å²) in [5.41, 5.74) is 0.534. The van der Waals surface area contributed by atoms with Crippen LogP contribution >= 0.6 is 34.8 Å². The van der Waals surface area contributed by atoms with Gasteiger partial charge in [-0.05, 0) is 61.5 Å². The molecule has 0 radical (unpaired) electrons. The Kier molecular flexibility index (Phi) is 7.11. The fraction of sp³-hybridized carbons (Fsp3) is 0.522. The summed E-state index contributed by atoms with van der Waals surface area (Å²) in [6, 6.07) is 13.8. The zero-order chi connectivity index (χ0) is 21.1. The first-order valence-corrected chi connectivity index (χ1v) is 11.8. The first-order chi connectivity index (χ1) is 14.4. The van der Waals surface area contributed by atoms with Gasteiger partial charge in [0.05, 0.1) is 6.61 Å². The van der Waals surface area contributed by atoms with E-state index in [2.05, 4.69) is 10.2 Å². The van der Waals surface area contributed by atoms with Crippen molar-refractivity contribution in [2.45, 2.75) is 48.2 Å². The third-order valence-corrected chi connectivity index (χ3v) is 6.89. The van der Waals surface area contributed by atoms with Crippen LogP contribution in [-0.4, -0.2) is 46.6 Å². The van der Waals surface area contributed by atoms with Crippen LogP contribution in [0.25, 0.3) is 10.8 Å². The standard InChI is InChI=1S/C23H27Cl3N2O2/c24-23(25,26)22(30-15-17-9-6-14-28-13-4-3-12-20(17)28)27-21(29)19-11-5-8-16-7-1-2-10-18(16)19/h1-2,5,7-8,10-11,17,20,22H,3-4,6,9,12-15H2,(H,27,29)/t17?,20-,22?/m1/s1. The minimum Gasteiger partial charge on any atom is -0.354 e. The summed E-state index contributed by atoms with van der Waals surface area (Å²) >= 11 is 18.6. The van der Waals surface area contributed by atoms with Gasteiger partial charge in [-0.1, -0.05) is 77.6 Å². The molecule has 3 atom stereocenters. The number of benzene rings is 2. The van der Waals surface area contributed by atoms with E-state index in [9.17, 15) is 4.79 Å². The van der Waals surface area contributed by atoms with Gasteiger partial charge in [0.1, 0.15) is 0 Å². The number of rotatable bonds is 5. The third-order valence-electron chi connectivity index (χ3n) is 6.30. The highest BCUT2D eigenvalue weighted by atomic mass is 35.6. The predicted molar refractivity (Wildman–Crippen MR) is 123 cm³/mol. The van der Waals surface area contributed by atoms with Gasteiger partial charge < -0.3 is 15.0 Å². The van der Waals surface area contributed by atoms with Gasteiger partial charge in [0.25, 0.3) is 5.91 Å². The maximum Gasteiger partial charge on any atom is 0.254 e. The van der Waals surface area contributed by atoms with Crippen LogP contribution in [0.4, 0.5) is 0 Å². The van der Waals surface area contributed by atoms with Crippen LogP contribution in [0.15, 0.2) is 42.5 Å². The molecule has 0 aromatic heterocycles. The molecule has 2 unspecified atom stereocenters. The van der Waals surface area contributed by atoms with Crippen LogP contribution in [0.5, 0.6) is 0 Å². The highest BCUT2D eigenvalue weighted by Crippen LogP contribution is 2.35. The Morgan fingerprint density at radius 3 is 2.67 bits per heavy atom. The summed E-state index contributed by atoms with van der Waals surface area (Å²) in [6.07, 6.45) is 4.95. The van der Waals surface area contributed by atoms with Crippen LogP contribution < -0.4 is 5.32 Å². The molecule has 2 saturated heterocycles. The molecule has 30 heavy (non-hydrogen) atoms. The lowest BCUT2D eigenvalue weighted by Gasteiger charge is -2.44. The smallest absolute Gasteiger partial charge is 0.254 e. The van der Waals surface area contributed by atoms with Gasteiger partial charge in [0, 0.05) is 11.6 Å². The lowest BCUT2D eigenvalue weighted by atomic mass is 9.84. The van der Waals surface area contributed by atoms with E-state index < -0.39 is 10.0 Å². The maximum atomic E-state index is 13.0. The lowest BCUT2D eigenvalue weighted by molar-refractivity contribution is -0.0324. The Balaban J connectivity index is 1.46. The number of nitrogens with one attached hydrogen (secondary N) is 1. The SMILES string of the molecule is O=C(NC(OCC1CCCN2CCCC[C@H]12)C(Cl)(Cl)Cl)c1cccc2ccccc12. The molecule has 0 spiro atoms. The average Bonchev–Trinajstić information content (AvgIpc) is 2.75. The summed E-state index contributed by atoms with van der Waals surface area (Å²) in [7, 11) is 0. The fourth-order valence-corrected chi connectivity index (χ4v) is 5.18. The van der Waals surface area contributed by atoms with Crippen LogP contribution in [0, 0.1) is 5.92 Å². The number of hydrogen-bond acceptors (Lipinski definition) is 3. The zero-order valence-corrected chi connectivity index (χ0v) is 19.1. The molecular formula is C23H27Cl3N2O2. The Bertz CT molecular complexity index is 879. The predicted octanol–water partition coefficient (Wildman–Crippen LogP) is 5.55. The van der Waals surface area contributed by atoms with E-state index in [0.29, 0.717) is 24.1 Å². The number of ether oxygens (including phenoxy) is 1. The molecule has 2 fully saturated rings. The second-order valence-electron chi connectivity index (χ2n) is 8.26. The van der Waals surface area contributed by atoms with Crippen molar-refractivity contribution < 1.29 is 9.53 Å². The van der Waals surface area contributed by atoms with Gasteiger partial charge in [-0.15, -0.1) is 0 Å². The van der Waals surface area contributed by atoms with Crippen molar-refractivity contribution in [3.63, 3.8) is 0 Å². The van der Waals surface area contributed by atoms with Crippen molar-refractivity contribution in [1.29, 1.82) is 0 Å². The average molecular weight is 470 g/mol. The molecule has 1 N–H and O–H groups in total. The molecule has 2 aromatic carbocycles. The summed E-state index contributed by atoms with van der Waals surface area (Å²) in [5.74, 6) is 0.0782. The van der Waals surface area contributed by atoms with Crippen molar-refractivity contribution >= 4 is 51.5 Å². The minimum atomic E-state index is -1.76. The van der Waals surface area contributed by atoms with E-state index in [1.54, 1.807) is 6.07 Å². The van der Waals surface area contributed by atoms with Crippen molar-refractivity contribution in [3.05, 3.63) is 48.0 Å². The van der Waals surface area contributed by atoms with Gasteiger partial charge in [-0.2, -0.15) is 0 Å². The normalized spacial score (nSPS) is 23.7. The molecule has 4 nitrogen and oxygen atoms in total. The van der Waals surface area contributed by atoms with Gasteiger partial charge in [0.2, 0.25) is 3.79 Å². The van der Waals surface area contributed by atoms with Crippen LogP contribution in [-0.2, 0) is 4.74 Å². The Hall–Kier alpha value is -1.04. The second-order valence-corrected chi connectivity index (χ2v) is 10.6. The largest absolute Gasteiger partial charge is 0.354 e. The number of carbonyl (C=O) groups is 1. The van der Waals surface area contributed by atoms with E-state index in [1.807, 2.05) is 36.4 Å². The molecule has 0 aliphatic carbocycles. The van der Waals surface area contributed by atoms with Crippen molar-refractivity contribution in [1.82, 2.24) is 10.2 Å². The zero-order valence-electron chi connectivity index (χ0n) is 16.8. The minimum absolute atomic E-state index is 0.314. The first-order valence-electron chi connectivity index (χ1n) is 10.6. The Morgan fingerprint density at radius 2 is 1.83 bits per heavy atom. The topological polar surface area (TPSA) is 41.6 Å². The van der Waals surface area contributed by atoms with Gasteiger partial charge in [0.15, 0.2) is 6.23 Å². The van der Waals surface area contributed by atoms with Crippen LogP contribution in [0.1, 0.15) is 42.5 Å². The van der Waals surface area contributed by atoms with Gasteiger partial charge >= 0.3 is 0 Å². The number of carbonyl (C=O) groups excluding carboxylic acids is 1. The molecule has 7 heteroatoms. The molecule has 0 bridgehead atoms. The molecule has 2 heterocycles. The second kappa shape index (κ2) is 9.62. The number of hydrogen-bond donors (Lipinski definition) is 1. The van der Waals surface area contributed by atoms with E-state index in [-0.39, 0.29) is 5.91 Å². The van der Waals surface area contributed by atoms with E-state index in [0.717, 1.165) is 36.7 Å². The van der Waals surface area contributed by atoms with Crippen LogP contribution in [0.2, 0.25) is 0 Å². The molecule has 162 valence electrons. The van der Waals surface area contributed by atoms with E-state index in [1.165, 1.54) is 19.3 Å². The fourth-order valence-electron chi connectivity index (χ4n) is 4.83. The number of fused-ring (bicyclic) bond motifs is 2. The number of halogens is 3. The summed E-state index contributed by atoms with van der Waals surface area (Å²) in [6.45, 7) is 2.79. The highest BCUT2D eigenvalue weighted by molar-refractivity contribution is 6.68. The summed E-state index contributed by atoms with van der Waals surface area (Å²) in [4.78, 5) is 15.6. The van der Waals surface area contributed by atoms with Crippen molar-refractivity contribution in [2.75, 3.05) is 19.7 Å². The van der Waals surface area contributed by atoms with Gasteiger partial charge in [-0.25, -0.2) is 0 Å². The van der Waals surface area contributed by atoms with Crippen molar-refractivity contribution in [2.24, 2.45) is 5.92 Å². The molecule has 4 rings (SSSR count). The first kappa shape index (κ1) is 22.2. The van der Waals surface area contributed by atoms with Gasteiger partial charge in [-0.3, -0.25) is 4.79 Å². The number of nitrogens with zero attached hydrogens (tertiary/aromatic N) is 1. The monoisotopic (exact) mass is 468 g/mol. The van der Waals surface area contributed by atoms with E-state index >= 15 is 0 Å². The number of alkyl halides is 3. The molecule has 2 aliphatic rings. The van der Waals surface area contributed by atoms with Crippen LogP contribution in [0.3, 0.4) is 0 Å². The quantitative estimate of drug-likeness (QED) is 0.461. The molecule has 2 aromatic rings. The molecule has 1 amide bonds. The van der Waals surface area contributed by atoms with Crippen molar-refractivity contribution in [3.8, 4) is 0 Å². The van der Waals surface area contributed by atoms with E-state index in [4.69, 9.17) is 39.5 Å². The summed E-state index contributed by atoms with van der Waals surface area (Å²) < 4.78 is 4.28. The molecular weight excluding hydrogens is 443 g/mol. The number of piperidine rings is 2. The number of amides is 1. The molecule has 0 saturated carbocycles. The highest BCUT2D eigenvalue weighted by Gasteiger charge is 2.38. The Labute approximate surface area is 192 Å². The third kappa shape index (κ3) is 5.05. The summed E-state index contributed by atoms with van der Waals surface area (Å²) in [5, 5.41) is 4.64. The lowest BCUT2D eigenvalue weighted by Crippen LogP contribution is -2.51.